The summed E-state index contributed by atoms with van der Waals surface area (Å²) in [7, 11) is 0. The van der Waals surface area contributed by atoms with E-state index in [-0.39, 0.29) is 0 Å². The van der Waals surface area contributed by atoms with E-state index in [1.165, 1.54) is 5.56 Å². The van der Waals surface area contributed by atoms with E-state index in [9.17, 15) is 0 Å². The van der Waals surface area contributed by atoms with Crippen LogP contribution >= 0.6 is 0 Å². The first-order chi connectivity index (χ1) is 7.90. The molecule has 0 amide bonds. The van der Waals surface area contributed by atoms with E-state index in [2.05, 4.69) is 10.3 Å². The molecule has 1 fully saturated rings. The number of hydrogen-bond acceptors (Lipinski definition) is 3. The normalized spacial score (nSPS) is 13.2. The van der Waals surface area contributed by atoms with Crippen molar-refractivity contribution >= 4 is 0 Å². The highest BCUT2D eigenvalue weighted by Crippen LogP contribution is 2.19. The first-order valence-electron chi connectivity index (χ1n) is 5.97. The van der Waals surface area contributed by atoms with Gasteiger partial charge in [0.05, 0.1) is 0 Å². The second-order valence-electron chi connectivity index (χ2n) is 2.94. The van der Waals surface area contributed by atoms with Crippen LogP contribution in [0.5, 0.6) is 0 Å². The van der Waals surface area contributed by atoms with Crippen LogP contribution in [0.2, 0.25) is 0 Å². The quantitative estimate of drug-likeness (QED) is 0.790. The summed E-state index contributed by atoms with van der Waals surface area (Å²) >= 11 is 0. The van der Waals surface area contributed by atoms with Crippen molar-refractivity contribution in [1.29, 1.82) is 5.26 Å². The molecule has 0 bridgehead atoms. The molecule has 1 aromatic heterocycles. The molecule has 0 radical (unpaired) electrons. The Morgan fingerprint density at radius 2 is 1.94 bits per heavy atom. The summed E-state index contributed by atoms with van der Waals surface area (Å²) in [6, 6.07) is 5.88. The Balaban J connectivity index is 0.000000509. The van der Waals surface area contributed by atoms with Crippen molar-refractivity contribution in [2.45, 2.75) is 33.6 Å². The van der Waals surface area contributed by atoms with Crippen molar-refractivity contribution in [3.8, 4) is 6.07 Å². The van der Waals surface area contributed by atoms with Crippen molar-refractivity contribution in [3.63, 3.8) is 0 Å². The molecule has 0 aliphatic carbocycles. The van der Waals surface area contributed by atoms with E-state index in [1.807, 2.05) is 45.9 Å². The first kappa shape index (κ1) is 14.6. The Bertz CT molecular complexity index is 324. The summed E-state index contributed by atoms with van der Waals surface area (Å²) in [6.45, 7) is 10.0. The van der Waals surface area contributed by atoms with Crippen LogP contribution in [0, 0.1) is 11.3 Å². The third kappa shape index (κ3) is 4.00. The third-order valence-electron chi connectivity index (χ3n) is 2.15. The van der Waals surface area contributed by atoms with Crippen molar-refractivity contribution in [2.24, 2.45) is 0 Å². The Hall–Kier alpha value is -1.40. The van der Waals surface area contributed by atoms with E-state index in [0.717, 1.165) is 13.1 Å². The lowest BCUT2D eigenvalue weighted by atomic mass is 9.94. The maximum Gasteiger partial charge on any atom is 0.140 e. The molecule has 16 heavy (non-hydrogen) atoms. The third-order valence-corrected chi connectivity index (χ3v) is 2.15. The van der Waals surface area contributed by atoms with Crippen LogP contribution < -0.4 is 5.32 Å². The van der Waals surface area contributed by atoms with E-state index in [0.29, 0.717) is 11.6 Å². The van der Waals surface area contributed by atoms with Crippen LogP contribution in [-0.4, -0.2) is 18.1 Å². The summed E-state index contributed by atoms with van der Waals surface area (Å²) < 4.78 is 0. The van der Waals surface area contributed by atoms with E-state index < -0.39 is 0 Å². The number of hydrogen-bond donors (Lipinski definition) is 1. The zero-order valence-electron chi connectivity index (χ0n) is 10.6. The van der Waals surface area contributed by atoms with E-state index >= 15 is 0 Å². The molecule has 1 aliphatic rings. The van der Waals surface area contributed by atoms with Crippen LogP contribution in [-0.2, 0) is 0 Å². The van der Waals surface area contributed by atoms with Gasteiger partial charge in [-0.05, 0) is 17.7 Å². The fourth-order valence-corrected chi connectivity index (χ4v) is 1.29. The standard InChI is InChI=1S/C9H9N3.2C2H6/c10-4-9-3-7(1-2-12-9)8-5-11-6-8;2*1-2/h1-3,8,11H,5-6H2;2*1-2H3. The predicted molar refractivity (Wildman–Crippen MR) is 67.3 cm³/mol. The van der Waals surface area contributed by atoms with Gasteiger partial charge in [0, 0.05) is 25.2 Å². The lowest BCUT2D eigenvalue weighted by molar-refractivity contribution is 0.448. The topological polar surface area (TPSA) is 48.7 Å². The van der Waals surface area contributed by atoms with Crippen LogP contribution in [0.1, 0.15) is 44.9 Å². The van der Waals surface area contributed by atoms with Crippen LogP contribution in [0.3, 0.4) is 0 Å². The molecule has 88 valence electrons. The molecule has 3 heteroatoms. The van der Waals surface area contributed by atoms with Gasteiger partial charge in [0.25, 0.3) is 0 Å². The number of nitriles is 1. The number of nitrogens with zero attached hydrogens (tertiary/aromatic N) is 2. The van der Waals surface area contributed by atoms with Crippen molar-refractivity contribution < 1.29 is 0 Å². The predicted octanol–water partition coefficient (Wildman–Crippen LogP) is 2.69. The average Bonchev–Trinajstić information content (AvgIpc) is 2.32. The van der Waals surface area contributed by atoms with E-state index in [1.54, 1.807) is 6.20 Å². The summed E-state index contributed by atoms with van der Waals surface area (Å²) in [5.41, 5.74) is 1.74. The minimum absolute atomic E-state index is 0.513. The largest absolute Gasteiger partial charge is 0.315 e. The second-order valence-corrected chi connectivity index (χ2v) is 2.94. The van der Waals surface area contributed by atoms with Gasteiger partial charge < -0.3 is 5.32 Å². The molecule has 2 rings (SSSR count). The minimum Gasteiger partial charge on any atom is -0.315 e. The van der Waals surface area contributed by atoms with Gasteiger partial charge in [0.15, 0.2) is 0 Å². The molecule has 1 aliphatic heterocycles. The zero-order valence-corrected chi connectivity index (χ0v) is 10.6. The van der Waals surface area contributed by atoms with Crippen LogP contribution in [0.25, 0.3) is 0 Å². The second kappa shape index (κ2) is 8.87. The molecule has 0 saturated carbocycles. The molecule has 1 saturated heterocycles. The zero-order chi connectivity index (χ0) is 12.4. The maximum atomic E-state index is 8.61. The summed E-state index contributed by atoms with van der Waals surface area (Å²) in [6.07, 6.45) is 1.70. The first-order valence-corrected chi connectivity index (χ1v) is 5.97. The van der Waals surface area contributed by atoms with Gasteiger partial charge in [-0.1, -0.05) is 27.7 Å². The van der Waals surface area contributed by atoms with E-state index in [4.69, 9.17) is 5.26 Å². The van der Waals surface area contributed by atoms with Crippen molar-refractivity contribution in [2.75, 3.05) is 13.1 Å². The highest BCUT2D eigenvalue weighted by molar-refractivity contribution is 5.29. The lowest BCUT2D eigenvalue weighted by Gasteiger charge is -2.27. The maximum absolute atomic E-state index is 8.61. The fourth-order valence-electron chi connectivity index (χ4n) is 1.29. The van der Waals surface area contributed by atoms with Gasteiger partial charge in [-0.3, -0.25) is 0 Å². The minimum atomic E-state index is 0.513. The van der Waals surface area contributed by atoms with Gasteiger partial charge in [0.1, 0.15) is 11.8 Å². The van der Waals surface area contributed by atoms with Gasteiger partial charge in [-0.2, -0.15) is 5.26 Å². The molecule has 1 N–H and O–H groups in total. The number of rotatable bonds is 1. The van der Waals surface area contributed by atoms with Gasteiger partial charge in [-0.25, -0.2) is 4.98 Å². The summed E-state index contributed by atoms with van der Waals surface area (Å²) in [4.78, 5) is 3.92. The molecule has 0 unspecified atom stereocenters. The van der Waals surface area contributed by atoms with Crippen molar-refractivity contribution in [3.05, 3.63) is 29.6 Å². The monoisotopic (exact) mass is 219 g/mol. The number of aromatic nitrogens is 1. The highest BCUT2D eigenvalue weighted by atomic mass is 14.9. The van der Waals surface area contributed by atoms with Gasteiger partial charge in [0.2, 0.25) is 0 Å². The number of pyridine rings is 1. The average molecular weight is 219 g/mol. The molecule has 0 atom stereocenters. The van der Waals surface area contributed by atoms with Gasteiger partial charge in [-0.15, -0.1) is 0 Å². The van der Waals surface area contributed by atoms with Crippen LogP contribution in [0.15, 0.2) is 18.3 Å². The Kier molecular flexibility index (Phi) is 8.10. The molecular weight excluding hydrogens is 198 g/mol. The van der Waals surface area contributed by atoms with Crippen molar-refractivity contribution in [1.82, 2.24) is 10.3 Å². The Morgan fingerprint density at radius 3 is 2.38 bits per heavy atom. The van der Waals surface area contributed by atoms with Crippen LogP contribution in [0.4, 0.5) is 0 Å². The molecule has 0 spiro atoms. The summed E-state index contributed by atoms with van der Waals surface area (Å²) in [5.74, 6) is 0.583. The Labute approximate surface area is 98.5 Å². The highest BCUT2D eigenvalue weighted by Gasteiger charge is 2.18. The molecular formula is C13H21N3. The fraction of sp³-hybridized carbons (Fsp3) is 0.538. The number of nitrogens with one attached hydrogen (secondary N) is 1. The Morgan fingerprint density at radius 1 is 1.31 bits per heavy atom. The molecule has 3 nitrogen and oxygen atoms in total. The molecule has 1 aromatic rings. The molecule has 2 heterocycles. The van der Waals surface area contributed by atoms with Gasteiger partial charge >= 0.3 is 0 Å². The lowest BCUT2D eigenvalue weighted by Crippen LogP contribution is -2.39. The summed E-state index contributed by atoms with van der Waals surface area (Å²) in [5, 5.41) is 11.8. The molecule has 0 aromatic carbocycles. The SMILES string of the molecule is CC.CC.N#Cc1cc(C2CNC2)ccn1. The smallest absolute Gasteiger partial charge is 0.140 e.